The van der Waals surface area contributed by atoms with E-state index < -0.39 is 0 Å². The molecule has 2 N–H and O–H groups in total. The maximum Gasteiger partial charge on any atom is 0.268 e. The van der Waals surface area contributed by atoms with E-state index in [4.69, 9.17) is 9.84 Å². The third-order valence-electron chi connectivity index (χ3n) is 2.63. The normalized spacial score (nSPS) is 12.4. The van der Waals surface area contributed by atoms with E-state index in [1.54, 1.807) is 13.2 Å². The molecule has 0 aliphatic rings. The van der Waals surface area contributed by atoms with Crippen molar-refractivity contribution in [1.82, 2.24) is 9.88 Å². The van der Waals surface area contributed by atoms with E-state index in [1.165, 1.54) is 0 Å². The maximum atomic E-state index is 11.9. The van der Waals surface area contributed by atoms with Crippen LogP contribution in [0.25, 0.3) is 0 Å². The Morgan fingerprint density at radius 2 is 2.41 bits per heavy atom. The lowest BCUT2D eigenvalue weighted by Gasteiger charge is -2.16. The zero-order chi connectivity index (χ0) is 12.7. The second-order valence-corrected chi connectivity index (χ2v) is 3.81. The lowest BCUT2D eigenvalue weighted by Crippen LogP contribution is -2.39. The third-order valence-corrected chi connectivity index (χ3v) is 2.63. The van der Waals surface area contributed by atoms with Crippen LogP contribution in [-0.2, 0) is 11.3 Å². The Bertz CT molecular complexity index is 349. The van der Waals surface area contributed by atoms with Crippen molar-refractivity contribution in [3.05, 3.63) is 24.0 Å². The number of carbonyl (C=O) groups excluding carboxylic acids is 1. The number of amides is 1. The molecule has 0 saturated carbocycles. The molecule has 0 aromatic carbocycles. The highest BCUT2D eigenvalue weighted by Gasteiger charge is 2.14. The Hall–Kier alpha value is -1.33. The number of aliphatic hydroxyl groups is 1. The fraction of sp³-hybridized carbons (Fsp3) is 0.583. The van der Waals surface area contributed by atoms with Crippen LogP contribution in [0, 0.1) is 0 Å². The molecule has 0 aliphatic carbocycles. The predicted molar refractivity (Wildman–Crippen MR) is 64.9 cm³/mol. The van der Waals surface area contributed by atoms with E-state index in [-0.39, 0.29) is 18.6 Å². The Morgan fingerprint density at radius 3 is 3.00 bits per heavy atom. The van der Waals surface area contributed by atoms with Gasteiger partial charge in [-0.1, -0.05) is 0 Å². The molecule has 0 fully saturated rings. The first kappa shape index (κ1) is 13.7. The number of hydrogen-bond acceptors (Lipinski definition) is 3. The van der Waals surface area contributed by atoms with E-state index >= 15 is 0 Å². The van der Waals surface area contributed by atoms with Crippen molar-refractivity contribution >= 4 is 5.91 Å². The van der Waals surface area contributed by atoms with E-state index in [1.807, 2.05) is 23.8 Å². The third kappa shape index (κ3) is 3.87. The molecule has 1 atom stereocenters. The van der Waals surface area contributed by atoms with Gasteiger partial charge in [-0.15, -0.1) is 0 Å². The molecule has 1 rings (SSSR count). The summed E-state index contributed by atoms with van der Waals surface area (Å²) in [7, 11) is 1.60. The molecule has 5 heteroatoms. The summed E-state index contributed by atoms with van der Waals surface area (Å²) in [5.41, 5.74) is 0.614. The lowest BCUT2D eigenvalue weighted by molar-refractivity contribution is 0.0885. The molecule has 96 valence electrons. The highest BCUT2D eigenvalue weighted by Crippen LogP contribution is 2.03. The quantitative estimate of drug-likeness (QED) is 0.735. The van der Waals surface area contributed by atoms with Crippen molar-refractivity contribution in [2.75, 3.05) is 20.3 Å². The smallest absolute Gasteiger partial charge is 0.268 e. The number of aromatic nitrogens is 1. The van der Waals surface area contributed by atoms with Crippen LogP contribution in [0.15, 0.2) is 18.3 Å². The Kier molecular flexibility index (Phi) is 5.72. The molecule has 0 radical (unpaired) electrons. The summed E-state index contributed by atoms with van der Waals surface area (Å²) in [6, 6.07) is 3.34. The SMILES string of the molecule is CCn1cccc1C(=O)NC(CO)CCOC. The van der Waals surface area contributed by atoms with Gasteiger partial charge in [0.2, 0.25) is 0 Å². The van der Waals surface area contributed by atoms with E-state index in [0.29, 0.717) is 18.7 Å². The van der Waals surface area contributed by atoms with E-state index in [2.05, 4.69) is 5.32 Å². The number of nitrogens with one attached hydrogen (secondary N) is 1. The molecule has 1 amide bonds. The fourth-order valence-corrected chi connectivity index (χ4v) is 1.62. The van der Waals surface area contributed by atoms with Crippen molar-refractivity contribution < 1.29 is 14.6 Å². The van der Waals surface area contributed by atoms with Crippen LogP contribution in [-0.4, -0.2) is 41.9 Å². The summed E-state index contributed by atoms with van der Waals surface area (Å²) in [5.74, 6) is -0.160. The number of hydrogen-bond donors (Lipinski definition) is 2. The van der Waals surface area contributed by atoms with Crippen LogP contribution in [0.3, 0.4) is 0 Å². The van der Waals surface area contributed by atoms with Gasteiger partial charge in [-0.05, 0) is 25.5 Å². The monoisotopic (exact) mass is 240 g/mol. The van der Waals surface area contributed by atoms with Gasteiger partial charge in [0, 0.05) is 26.5 Å². The number of carbonyl (C=O) groups is 1. The molecule has 0 spiro atoms. The Labute approximate surface area is 101 Å². The summed E-state index contributed by atoms with van der Waals surface area (Å²) in [4.78, 5) is 11.9. The Balaban J connectivity index is 2.58. The molecule has 0 bridgehead atoms. The molecule has 1 unspecified atom stereocenters. The Morgan fingerprint density at radius 1 is 1.65 bits per heavy atom. The maximum absolute atomic E-state index is 11.9. The average Bonchev–Trinajstić information content (AvgIpc) is 2.82. The number of aryl methyl sites for hydroxylation is 1. The van der Waals surface area contributed by atoms with Gasteiger partial charge < -0.3 is 19.7 Å². The summed E-state index contributed by atoms with van der Waals surface area (Å²) in [6.07, 6.45) is 2.46. The van der Waals surface area contributed by atoms with Crippen molar-refractivity contribution in [2.24, 2.45) is 0 Å². The molecular weight excluding hydrogens is 220 g/mol. The number of aliphatic hydroxyl groups excluding tert-OH is 1. The first-order valence-electron chi connectivity index (χ1n) is 5.78. The highest BCUT2D eigenvalue weighted by molar-refractivity contribution is 5.92. The molecule has 17 heavy (non-hydrogen) atoms. The van der Waals surface area contributed by atoms with Crippen LogP contribution in [0.4, 0.5) is 0 Å². The minimum atomic E-state index is -0.261. The van der Waals surface area contributed by atoms with Crippen molar-refractivity contribution in [3.63, 3.8) is 0 Å². The van der Waals surface area contributed by atoms with Crippen LogP contribution in [0.1, 0.15) is 23.8 Å². The predicted octanol–water partition coefficient (Wildman–Crippen LogP) is 0.635. The summed E-state index contributed by atoms with van der Waals surface area (Å²) in [5, 5.41) is 11.9. The van der Waals surface area contributed by atoms with Gasteiger partial charge in [0.25, 0.3) is 5.91 Å². The second-order valence-electron chi connectivity index (χ2n) is 3.81. The number of nitrogens with zero attached hydrogens (tertiary/aromatic N) is 1. The zero-order valence-electron chi connectivity index (χ0n) is 10.3. The summed E-state index contributed by atoms with van der Waals surface area (Å²) in [6.45, 7) is 3.16. The van der Waals surface area contributed by atoms with Crippen LogP contribution >= 0.6 is 0 Å². The van der Waals surface area contributed by atoms with Gasteiger partial charge in [-0.25, -0.2) is 0 Å². The molecule has 1 aromatic heterocycles. The number of ether oxygens (including phenoxy) is 1. The fourth-order valence-electron chi connectivity index (χ4n) is 1.62. The van der Waals surface area contributed by atoms with Gasteiger partial charge in [0.15, 0.2) is 0 Å². The standard InChI is InChI=1S/C12H20N2O3/c1-3-14-7-4-5-11(14)12(16)13-10(9-15)6-8-17-2/h4-5,7,10,15H,3,6,8-9H2,1-2H3,(H,13,16). The van der Waals surface area contributed by atoms with E-state index in [9.17, 15) is 4.79 Å². The minimum Gasteiger partial charge on any atom is -0.394 e. The highest BCUT2D eigenvalue weighted by atomic mass is 16.5. The van der Waals surface area contributed by atoms with E-state index in [0.717, 1.165) is 6.54 Å². The molecule has 1 aromatic rings. The minimum absolute atomic E-state index is 0.0814. The van der Waals surface area contributed by atoms with Gasteiger partial charge in [0.1, 0.15) is 5.69 Å². The van der Waals surface area contributed by atoms with Crippen molar-refractivity contribution in [2.45, 2.75) is 25.9 Å². The number of methoxy groups -OCH3 is 1. The molecule has 5 nitrogen and oxygen atoms in total. The number of rotatable bonds is 7. The van der Waals surface area contributed by atoms with Crippen molar-refractivity contribution in [3.8, 4) is 0 Å². The molecule has 0 saturated heterocycles. The second kappa shape index (κ2) is 7.09. The first-order chi connectivity index (χ1) is 8.22. The molecule has 1 heterocycles. The zero-order valence-corrected chi connectivity index (χ0v) is 10.3. The molecular formula is C12H20N2O3. The van der Waals surface area contributed by atoms with Crippen LogP contribution in [0.5, 0.6) is 0 Å². The van der Waals surface area contributed by atoms with Gasteiger partial charge in [0.05, 0.1) is 12.6 Å². The first-order valence-corrected chi connectivity index (χ1v) is 5.78. The topological polar surface area (TPSA) is 63.5 Å². The van der Waals surface area contributed by atoms with Crippen LogP contribution in [0.2, 0.25) is 0 Å². The van der Waals surface area contributed by atoms with Crippen LogP contribution < -0.4 is 5.32 Å². The van der Waals surface area contributed by atoms with Gasteiger partial charge in [-0.3, -0.25) is 4.79 Å². The summed E-state index contributed by atoms with van der Waals surface area (Å²) < 4.78 is 6.78. The van der Waals surface area contributed by atoms with Gasteiger partial charge in [-0.2, -0.15) is 0 Å². The van der Waals surface area contributed by atoms with Gasteiger partial charge >= 0.3 is 0 Å². The average molecular weight is 240 g/mol. The summed E-state index contributed by atoms with van der Waals surface area (Å²) >= 11 is 0. The lowest BCUT2D eigenvalue weighted by atomic mass is 10.2. The van der Waals surface area contributed by atoms with Crippen molar-refractivity contribution in [1.29, 1.82) is 0 Å². The molecule has 0 aliphatic heterocycles. The largest absolute Gasteiger partial charge is 0.394 e.